The van der Waals surface area contributed by atoms with E-state index >= 15 is 0 Å². The molecule has 2 atom stereocenters. The molecule has 1 saturated heterocycles. The normalized spacial score (nSPS) is 18.6. The molecule has 1 aliphatic rings. The summed E-state index contributed by atoms with van der Waals surface area (Å²) in [5.74, 6) is -0.788. The van der Waals surface area contributed by atoms with Crippen LogP contribution in [0.1, 0.15) is 35.7 Å². The van der Waals surface area contributed by atoms with Gasteiger partial charge in [-0.2, -0.15) is 0 Å². The molecule has 0 radical (unpaired) electrons. The zero-order valence-corrected chi connectivity index (χ0v) is 17.8. The molecule has 3 nitrogen and oxygen atoms in total. The first kappa shape index (κ1) is 20.8. The van der Waals surface area contributed by atoms with Gasteiger partial charge in [-0.3, -0.25) is 9.59 Å². The fourth-order valence-electron chi connectivity index (χ4n) is 4.20. The smallest absolute Gasteiger partial charge is 0.237 e. The van der Waals surface area contributed by atoms with Gasteiger partial charge in [0.2, 0.25) is 5.91 Å². The number of hydrogen-bond acceptors (Lipinski definition) is 2. The van der Waals surface area contributed by atoms with Gasteiger partial charge in [0.25, 0.3) is 0 Å². The molecule has 156 valence electrons. The second-order valence-electron chi connectivity index (χ2n) is 7.98. The molecule has 1 aliphatic heterocycles. The van der Waals surface area contributed by atoms with Crippen LogP contribution in [0.3, 0.4) is 0 Å². The van der Waals surface area contributed by atoms with Gasteiger partial charge in [-0.15, -0.1) is 0 Å². The molecule has 3 aromatic carbocycles. The minimum absolute atomic E-state index is 0.0180. The highest BCUT2D eigenvalue weighted by molar-refractivity contribution is 6.11. The number of allylic oxidation sites excluding steroid dienone is 1. The van der Waals surface area contributed by atoms with Crippen molar-refractivity contribution < 1.29 is 9.59 Å². The van der Waals surface area contributed by atoms with Crippen LogP contribution in [0.2, 0.25) is 0 Å². The Kier molecular flexibility index (Phi) is 6.42. The van der Waals surface area contributed by atoms with Crippen molar-refractivity contribution in [2.24, 2.45) is 5.92 Å². The third-order valence-corrected chi connectivity index (χ3v) is 5.86. The summed E-state index contributed by atoms with van der Waals surface area (Å²) in [6.45, 7) is 2.04. The minimum Gasteiger partial charge on any atom is -0.315 e. The van der Waals surface area contributed by atoms with E-state index in [9.17, 15) is 9.59 Å². The zero-order chi connectivity index (χ0) is 21.6. The van der Waals surface area contributed by atoms with Gasteiger partial charge < -0.3 is 4.90 Å². The molecule has 0 aromatic heterocycles. The number of amides is 1. The van der Waals surface area contributed by atoms with Crippen molar-refractivity contribution in [3.05, 3.63) is 108 Å². The molecule has 1 heterocycles. The Morgan fingerprint density at radius 2 is 1.52 bits per heavy atom. The SMILES string of the molecule is CCC=CN1C(=O)C(C(=O)c2ccccc2)CC1Cc1ccc(-c2ccccc2)cc1. The Labute approximate surface area is 184 Å². The third kappa shape index (κ3) is 4.66. The van der Waals surface area contributed by atoms with Gasteiger partial charge in [0.1, 0.15) is 5.92 Å². The van der Waals surface area contributed by atoms with Crippen LogP contribution >= 0.6 is 0 Å². The molecule has 31 heavy (non-hydrogen) atoms. The summed E-state index contributed by atoms with van der Waals surface area (Å²) in [6.07, 6.45) is 5.97. The number of carbonyl (C=O) groups excluding carboxylic acids is 2. The summed E-state index contributed by atoms with van der Waals surface area (Å²) >= 11 is 0. The minimum atomic E-state index is -0.613. The lowest BCUT2D eigenvalue weighted by Crippen LogP contribution is -2.31. The molecule has 3 heteroatoms. The summed E-state index contributed by atoms with van der Waals surface area (Å²) in [6, 6.07) is 27.9. The van der Waals surface area contributed by atoms with Crippen molar-refractivity contribution in [2.45, 2.75) is 32.2 Å². The van der Waals surface area contributed by atoms with Gasteiger partial charge in [-0.05, 0) is 36.0 Å². The lowest BCUT2D eigenvalue weighted by molar-refractivity contribution is -0.128. The van der Waals surface area contributed by atoms with E-state index in [1.54, 1.807) is 17.0 Å². The van der Waals surface area contributed by atoms with Crippen molar-refractivity contribution in [1.82, 2.24) is 4.90 Å². The predicted molar refractivity (Wildman–Crippen MR) is 125 cm³/mol. The van der Waals surface area contributed by atoms with E-state index in [4.69, 9.17) is 0 Å². The molecule has 1 fully saturated rings. The Balaban J connectivity index is 1.53. The van der Waals surface area contributed by atoms with Crippen LogP contribution in [-0.2, 0) is 11.2 Å². The van der Waals surface area contributed by atoms with Gasteiger partial charge in [0.05, 0.1) is 0 Å². The first-order chi connectivity index (χ1) is 15.2. The lowest BCUT2D eigenvalue weighted by Gasteiger charge is -2.21. The van der Waals surface area contributed by atoms with Crippen LogP contribution < -0.4 is 0 Å². The Morgan fingerprint density at radius 1 is 0.903 bits per heavy atom. The zero-order valence-electron chi connectivity index (χ0n) is 17.8. The molecular weight excluding hydrogens is 382 g/mol. The molecule has 1 amide bonds. The molecule has 2 unspecified atom stereocenters. The van der Waals surface area contributed by atoms with Crippen molar-refractivity contribution in [1.29, 1.82) is 0 Å². The highest BCUT2D eigenvalue weighted by Gasteiger charge is 2.42. The van der Waals surface area contributed by atoms with Crippen LogP contribution in [0.5, 0.6) is 0 Å². The lowest BCUT2D eigenvalue weighted by atomic mass is 9.92. The summed E-state index contributed by atoms with van der Waals surface area (Å²) in [7, 11) is 0. The van der Waals surface area contributed by atoms with Crippen molar-refractivity contribution >= 4 is 11.7 Å². The summed E-state index contributed by atoms with van der Waals surface area (Å²) in [4.78, 5) is 27.9. The number of carbonyl (C=O) groups is 2. The van der Waals surface area contributed by atoms with Gasteiger partial charge in [-0.1, -0.05) is 97.9 Å². The Hall–Kier alpha value is -3.46. The van der Waals surface area contributed by atoms with E-state index in [1.807, 2.05) is 55.6 Å². The summed E-state index contributed by atoms with van der Waals surface area (Å²) in [5.41, 5.74) is 4.13. The second kappa shape index (κ2) is 9.57. The van der Waals surface area contributed by atoms with Gasteiger partial charge in [0, 0.05) is 17.8 Å². The average molecular weight is 410 g/mol. The number of likely N-dealkylation sites (tertiary alicyclic amines) is 1. The second-order valence-corrected chi connectivity index (χ2v) is 7.98. The molecule has 0 N–H and O–H groups in total. The summed E-state index contributed by atoms with van der Waals surface area (Å²) in [5, 5.41) is 0. The van der Waals surface area contributed by atoms with Crippen LogP contribution in [0.4, 0.5) is 0 Å². The predicted octanol–water partition coefficient (Wildman–Crippen LogP) is 5.92. The number of rotatable bonds is 7. The maximum atomic E-state index is 13.1. The maximum absolute atomic E-state index is 13.1. The fourth-order valence-corrected chi connectivity index (χ4v) is 4.20. The Bertz CT molecular complexity index is 1060. The van der Waals surface area contributed by atoms with E-state index in [0.29, 0.717) is 12.0 Å². The van der Waals surface area contributed by atoms with Crippen molar-refractivity contribution in [3.63, 3.8) is 0 Å². The van der Waals surface area contributed by atoms with Gasteiger partial charge in [0.15, 0.2) is 5.78 Å². The third-order valence-electron chi connectivity index (χ3n) is 5.86. The topological polar surface area (TPSA) is 37.4 Å². The number of ketones is 1. The number of benzene rings is 3. The molecule has 4 rings (SSSR count). The first-order valence-corrected chi connectivity index (χ1v) is 10.9. The van der Waals surface area contributed by atoms with E-state index < -0.39 is 5.92 Å². The molecular formula is C28H27NO2. The van der Waals surface area contributed by atoms with E-state index in [1.165, 1.54) is 16.7 Å². The Morgan fingerprint density at radius 3 is 2.16 bits per heavy atom. The number of nitrogens with zero attached hydrogens (tertiary/aromatic N) is 1. The highest BCUT2D eigenvalue weighted by Crippen LogP contribution is 2.31. The van der Waals surface area contributed by atoms with Crippen LogP contribution in [0.25, 0.3) is 11.1 Å². The standard InChI is InChI=1S/C28H27NO2/c1-2-3-18-29-25(20-26(28(29)31)27(30)24-12-8-5-9-13-24)19-21-14-16-23(17-15-21)22-10-6-4-7-11-22/h3-18,25-26H,2,19-20H2,1H3. The number of hydrogen-bond donors (Lipinski definition) is 0. The molecule has 0 bridgehead atoms. The molecule has 3 aromatic rings. The first-order valence-electron chi connectivity index (χ1n) is 10.9. The van der Waals surface area contributed by atoms with Crippen LogP contribution in [-0.4, -0.2) is 22.6 Å². The van der Waals surface area contributed by atoms with Gasteiger partial charge >= 0.3 is 0 Å². The van der Waals surface area contributed by atoms with Crippen LogP contribution in [0, 0.1) is 5.92 Å². The summed E-state index contributed by atoms with van der Waals surface area (Å²) < 4.78 is 0. The van der Waals surface area contributed by atoms with E-state index in [-0.39, 0.29) is 17.7 Å². The highest BCUT2D eigenvalue weighted by atomic mass is 16.2. The largest absolute Gasteiger partial charge is 0.315 e. The molecule has 0 saturated carbocycles. The molecule has 0 aliphatic carbocycles. The van der Waals surface area contributed by atoms with Crippen molar-refractivity contribution in [2.75, 3.05) is 0 Å². The number of Topliss-reactive ketones (excluding diaryl/α,β-unsaturated/α-hetero) is 1. The quantitative estimate of drug-likeness (QED) is 0.359. The van der Waals surface area contributed by atoms with E-state index in [2.05, 4.69) is 36.4 Å². The van der Waals surface area contributed by atoms with E-state index in [0.717, 1.165) is 12.8 Å². The van der Waals surface area contributed by atoms with Crippen molar-refractivity contribution in [3.8, 4) is 11.1 Å². The average Bonchev–Trinajstić information content (AvgIpc) is 3.13. The van der Waals surface area contributed by atoms with Gasteiger partial charge in [-0.25, -0.2) is 0 Å². The maximum Gasteiger partial charge on any atom is 0.237 e. The fraction of sp³-hybridized carbons (Fsp3) is 0.214. The monoisotopic (exact) mass is 409 g/mol. The molecule has 0 spiro atoms. The van der Waals surface area contributed by atoms with Crippen LogP contribution in [0.15, 0.2) is 97.2 Å².